The van der Waals surface area contributed by atoms with Crippen LogP contribution in [-0.2, 0) is 38.0 Å². The van der Waals surface area contributed by atoms with Gasteiger partial charge in [0.2, 0.25) is 0 Å². The van der Waals surface area contributed by atoms with E-state index >= 15 is 0 Å². The van der Waals surface area contributed by atoms with Gasteiger partial charge < -0.3 is 28.4 Å². The zero-order chi connectivity index (χ0) is 22.9. The molecule has 1 aromatic carbocycles. The molecule has 2 fully saturated rings. The molecule has 0 spiro atoms. The molecule has 2 saturated heterocycles. The Hall–Kier alpha value is -1.71. The van der Waals surface area contributed by atoms with Crippen molar-refractivity contribution < 1.29 is 38.0 Å². The molecule has 9 heteroatoms. The molecule has 0 amide bonds. The molecule has 3 rings (SSSR count). The van der Waals surface area contributed by atoms with Crippen molar-refractivity contribution in [1.82, 2.24) is 0 Å². The lowest BCUT2D eigenvalue weighted by Gasteiger charge is -2.48. The normalized spacial score (nSPS) is 29.7. The van der Waals surface area contributed by atoms with Crippen LogP contribution in [-0.4, -0.2) is 61.7 Å². The topological polar surface area (TPSA) is 89.5 Å². The molecule has 2 heterocycles. The first-order valence-corrected chi connectivity index (χ1v) is 11.5. The molecule has 0 bridgehead atoms. The molecular formula is C23H31ClO8. The summed E-state index contributed by atoms with van der Waals surface area (Å²) in [7, 11) is 0. The predicted molar refractivity (Wildman–Crippen MR) is 115 cm³/mol. The van der Waals surface area contributed by atoms with Gasteiger partial charge in [-0.3, -0.25) is 9.59 Å². The van der Waals surface area contributed by atoms with Crippen molar-refractivity contribution in [3.05, 3.63) is 35.9 Å². The Morgan fingerprint density at radius 1 is 0.969 bits per heavy atom. The standard InChI is InChI=1S/C23H31ClO8/c1-15(25)29-20-19-18(14-28-22(32-19)17-10-6-5-7-11-17)31-23(21(20)30-16(2)26)27-13-9-4-3-8-12-24/h5-7,10-11,18-23H,3-4,8-9,12-14H2,1-2H3/t18-,19+,20+,21-,22+,23-/m1/s1. The van der Waals surface area contributed by atoms with Gasteiger partial charge in [0.05, 0.1) is 6.61 Å². The van der Waals surface area contributed by atoms with E-state index in [0.29, 0.717) is 12.5 Å². The summed E-state index contributed by atoms with van der Waals surface area (Å²) >= 11 is 5.71. The molecule has 0 unspecified atom stereocenters. The first-order valence-electron chi connectivity index (χ1n) is 11.0. The summed E-state index contributed by atoms with van der Waals surface area (Å²) in [4.78, 5) is 23.7. The van der Waals surface area contributed by atoms with Crippen LogP contribution in [0.5, 0.6) is 0 Å². The number of hydrogen-bond acceptors (Lipinski definition) is 8. The fourth-order valence-corrected chi connectivity index (χ4v) is 4.04. The lowest BCUT2D eigenvalue weighted by molar-refractivity contribution is -0.362. The number of unbranched alkanes of at least 4 members (excludes halogenated alkanes) is 3. The van der Waals surface area contributed by atoms with E-state index in [0.717, 1.165) is 31.2 Å². The van der Waals surface area contributed by atoms with Crippen LogP contribution in [0.1, 0.15) is 51.4 Å². The highest BCUT2D eigenvalue weighted by Crippen LogP contribution is 2.36. The molecule has 8 nitrogen and oxygen atoms in total. The van der Waals surface area contributed by atoms with Crippen molar-refractivity contribution in [3.63, 3.8) is 0 Å². The van der Waals surface area contributed by atoms with Crippen LogP contribution < -0.4 is 0 Å². The third-order valence-electron chi connectivity index (χ3n) is 5.27. The summed E-state index contributed by atoms with van der Waals surface area (Å²) in [5.41, 5.74) is 0.826. The fourth-order valence-electron chi connectivity index (χ4n) is 3.85. The minimum atomic E-state index is -0.963. The van der Waals surface area contributed by atoms with E-state index in [1.165, 1.54) is 13.8 Å². The molecule has 0 N–H and O–H groups in total. The van der Waals surface area contributed by atoms with Crippen LogP contribution in [0, 0.1) is 0 Å². The molecule has 0 aliphatic carbocycles. The molecular weight excluding hydrogens is 440 g/mol. The number of carbonyl (C=O) groups excluding carboxylic acids is 2. The molecule has 2 aliphatic heterocycles. The Kier molecular flexibility index (Phi) is 9.74. The molecule has 1 aromatic rings. The summed E-state index contributed by atoms with van der Waals surface area (Å²) in [5.74, 6) is -0.409. The molecule has 2 aliphatic rings. The van der Waals surface area contributed by atoms with E-state index in [4.69, 9.17) is 40.0 Å². The molecule has 178 valence electrons. The van der Waals surface area contributed by atoms with E-state index in [-0.39, 0.29) is 6.61 Å². The Morgan fingerprint density at radius 3 is 2.34 bits per heavy atom. The average Bonchev–Trinajstić information content (AvgIpc) is 2.78. The van der Waals surface area contributed by atoms with Crippen molar-refractivity contribution in [1.29, 1.82) is 0 Å². The summed E-state index contributed by atoms with van der Waals surface area (Å²) in [6.45, 7) is 3.21. The number of hydrogen-bond donors (Lipinski definition) is 0. The van der Waals surface area contributed by atoms with E-state index < -0.39 is 48.9 Å². The van der Waals surface area contributed by atoms with Gasteiger partial charge in [-0.15, -0.1) is 11.6 Å². The Balaban J connectivity index is 1.73. The van der Waals surface area contributed by atoms with Gasteiger partial charge in [0.25, 0.3) is 0 Å². The second-order valence-corrected chi connectivity index (χ2v) is 8.22. The van der Waals surface area contributed by atoms with E-state index in [1.807, 2.05) is 30.3 Å². The highest BCUT2D eigenvalue weighted by atomic mass is 35.5. The largest absolute Gasteiger partial charge is 0.455 e. The fraction of sp³-hybridized carbons (Fsp3) is 0.652. The molecule has 0 aromatic heterocycles. The summed E-state index contributed by atoms with van der Waals surface area (Å²) < 4.78 is 35.0. The van der Waals surface area contributed by atoms with Gasteiger partial charge >= 0.3 is 11.9 Å². The van der Waals surface area contributed by atoms with E-state index in [1.54, 1.807) is 0 Å². The number of fused-ring (bicyclic) bond motifs is 1. The third kappa shape index (κ3) is 6.89. The van der Waals surface area contributed by atoms with Crippen LogP contribution >= 0.6 is 11.6 Å². The summed E-state index contributed by atoms with van der Waals surface area (Å²) in [6, 6.07) is 9.43. The Morgan fingerprint density at radius 2 is 1.66 bits per heavy atom. The average molecular weight is 471 g/mol. The minimum Gasteiger partial charge on any atom is -0.455 e. The van der Waals surface area contributed by atoms with E-state index in [2.05, 4.69) is 0 Å². The maximum atomic E-state index is 11.9. The predicted octanol–water partition coefficient (Wildman–Crippen LogP) is 3.50. The molecule has 0 radical (unpaired) electrons. The van der Waals surface area contributed by atoms with Crippen LogP contribution in [0.3, 0.4) is 0 Å². The highest BCUT2D eigenvalue weighted by Gasteiger charge is 2.53. The smallest absolute Gasteiger partial charge is 0.303 e. The van der Waals surface area contributed by atoms with Crippen LogP contribution in [0.25, 0.3) is 0 Å². The maximum absolute atomic E-state index is 11.9. The van der Waals surface area contributed by atoms with Gasteiger partial charge in [0, 0.05) is 31.9 Å². The van der Waals surface area contributed by atoms with E-state index in [9.17, 15) is 9.59 Å². The lowest BCUT2D eigenvalue weighted by atomic mass is 9.97. The van der Waals surface area contributed by atoms with Crippen LogP contribution in [0.2, 0.25) is 0 Å². The molecule has 6 atom stereocenters. The number of ether oxygens (including phenoxy) is 6. The van der Waals surface area contributed by atoms with Crippen molar-refractivity contribution >= 4 is 23.5 Å². The number of halogens is 1. The molecule has 0 saturated carbocycles. The maximum Gasteiger partial charge on any atom is 0.303 e. The van der Waals surface area contributed by atoms with Gasteiger partial charge in [-0.1, -0.05) is 43.2 Å². The monoisotopic (exact) mass is 470 g/mol. The highest BCUT2D eigenvalue weighted by molar-refractivity contribution is 6.17. The first kappa shape index (κ1) is 24.9. The van der Waals surface area contributed by atoms with Crippen molar-refractivity contribution in [3.8, 4) is 0 Å². The van der Waals surface area contributed by atoms with Gasteiger partial charge in [-0.2, -0.15) is 0 Å². The SMILES string of the molecule is CC(=O)O[C@H]1[C@H]2O[C@@H](c3ccccc3)OC[C@H]2O[C@@H](OCCCCCCCl)[C@@H]1OC(C)=O. The number of carbonyl (C=O) groups is 2. The second-order valence-electron chi connectivity index (χ2n) is 7.84. The van der Waals surface area contributed by atoms with Crippen LogP contribution in [0.15, 0.2) is 30.3 Å². The summed E-state index contributed by atoms with van der Waals surface area (Å²) in [6.07, 6.45) is -0.933. The van der Waals surface area contributed by atoms with Crippen LogP contribution in [0.4, 0.5) is 0 Å². The molecule has 32 heavy (non-hydrogen) atoms. The van der Waals surface area contributed by atoms with Crippen molar-refractivity contribution in [2.75, 3.05) is 19.1 Å². The number of esters is 2. The Bertz CT molecular complexity index is 730. The zero-order valence-corrected chi connectivity index (χ0v) is 19.2. The van der Waals surface area contributed by atoms with Crippen molar-refractivity contribution in [2.24, 2.45) is 0 Å². The zero-order valence-electron chi connectivity index (χ0n) is 18.4. The van der Waals surface area contributed by atoms with Gasteiger partial charge in [0.15, 0.2) is 24.8 Å². The second kappa shape index (κ2) is 12.5. The Labute approximate surface area is 193 Å². The van der Waals surface area contributed by atoms with Gasteiger partial charge in [0.1, 0.15) is 12.2 Å². The van der Waals surface area contributed by atoms with Gasteiger partial charge in [-0.05, 0) is 12.8 Å². The number of alkyl halides is 1. The minimum absolute atomic E-state index is 0.213. The lowest BCUT2D eigenvalue weighted by Crippen LogP contribution is -2.64. The first-order chi connectivity index (χ1) is 15.5. The van der Waals surface area contributed by atoms with Gasteiger partial charge in [-0.25, -0.2) is 0 Å². The van der Waals surface area contributed by atoms with Crippen molar-refractivity contribution in [2.45, 2.75) is 76.5 Å². The number of benzene rings is 1. The summed E-state index contributed by atoms with van der Waals surface area (Å²) in [5, 5.41) is 0. The third-order valence-corrected chi connectivity index (χ3v) is 5.54. The number of rotatable bonds is 10. The quantitative estimate of drug-likeness (QED) is 0.291.